The Hall–Kier alpha value is -3.77. The first kappa shape index (κ1) is 22.0. The standard InChI is InChI=1S/C21H21ClFN9O2/c1-34-15-9-14(13(23)8-12(15)22)30-4-6-31(7-5-30)16(10-33)32-21-17(19(24)27-11-28-21)18(29-32)20-25-2-3-26-20/h2-3,8-11,16H,4-7H2,1H3,(H,25,26)(H2,24,27,28). The Bertz CT molecular complexity index is 1340. The number of benzene rings is 1. The third kappa shape index (κ3) is 3.70. The van der Waals surface area contributed by atoms with Crippen LogP contribution in [0.1, 0.15) is 6.17 Å². The molecular weight excluding hydrogens is 465 g/mol. The molecule has 3 aromatic heterocycles. The van der Waals surface area contributed by atoms with E-state index in [2.05, 4.69) is 25.0 Å². The molecule has 5 rings (SSSR count). The van der Waals surface area contributed by atoms with E-state index in [1.165, 1.54) is 24.2 Å². The first-order chi connectivity index (χ1) is 16.5. The van der Waals surface area contributed by atoms with Gasteiger partial charge in [0.2, 0.25) is 0 Å². The Kier molecular flexibility index (Phi) is 5.75. The summed E-state index contributed by atoms with van der Waals surface area (Å²) in [6, 6.07) is 2.83. The number of hydrogen-bond acceptors (Lipinski definition) is 9. The zero-order chi connectivity index (χ0) is 23.8. The van der Waals surface area contributed by atoms with Crippen LogP contribution in [0.4, 0.5) is 15.9 Å². The lowest BCUT2D eigenvalue weighted by Gasteiger charge is -2.38. The van der Waals surface area contributed by atoms with Gasteiger partial charge in [0.1, 0.15) is 29.4 Å². The molecule has 34 heavy (non-hydrogen) atoms. The van der Waals surface area contributed by atoms with E-state index in [4.69, 9.17) is 22.1 Å². The highest BCUT2D eigenvalue weighted by Gasteiger charge is 2.30. The predicted octanol–water partition coefficient (Wildman–Crippen LogP) is 2.12. The number of nitrogens with two attached hydrogens (primary N) is 1. The van der Waals surface area contributed by atoms with Gasteiger partial charge in [-0.05, 0) is 6.07 Å². The molecule has 0 amide bonds. The van der Waals surface area contributed by atoms with Crippen LogP contribution < -0.4 is 15.4 Å². The van der Waals surface area contributed by atoms with Crippen LogP contribution in [-0.4, -0.2) is 74.2 Å². The quantitative estimate of drug-likeness (QED) is 0.394. The maximum absolute atomic E-state index is 14.6. The van der Waals surface area contributed by atoms with Crippen LogP contribution in [0.2, 0.25) is 5.02 Å². The van der Waals surface area contributed by atoms with Crippen molar-refractivity contribution in [3.63, 3.8) is 0 Å². The van der Waals surface area contributed by atoms with Gasteiger partial charge in [0.15, 0.2) is 23.9 Å². The highest BCUT2D eigenvalue weighted by molar-refractivity contribution is 6.32. The van der Waals surface area contributed by atoms with Crippen LogP contribution >= 0.6 is 11.6 Å². The van der Waals surface area contributed by atoms with Gasteiger partial charge in [0.05, 0.1) is 23.2 Å². The van der Waals surface area contributed by atoms with Crippen molar-refractivity contribution in [1.29, 1.82) is 0 Å². The average Bonchev–Trinajstić information content (AvgIpc) is 3.50. The number of hydrogen-bond donors (Lipinski definition) is 2. The molecule has 13 heteroatoms. The number of carbonyl (C=O) groups is 1. The number of aromatic amines is 1. The average molecular weight is 486 g/mol. The Balaban J connectivity index is 1.44. The number of aldehydes is 1. The molecule has 1 aliphatic heterocycles. The minimum atomic E-state index is -0.743. The number of nitrogen functional groups attached to an aromatic ring is 1. The van der Waals surface area contributed by atoms with E-state index in [0.717, 1.165) is 6.29 Å². The zero-order valence-corrected chi connectivity index (χ0v) is 18.9. The lowest BCUT2D eigenvalue weighted by atomic mass is 10.2. The molecule has 1 fully saturated rings. The van der Waals surface area contributed by atoms with Crippen molar-refractivity contribution in [2.75, 3.05) is 43.9 Å². The van der Waals surface area contributed by atoms with Gasteiger partial charge in [-0.2, -0.15) is 5.10 Å². The fourth-order valence-corrected chi connectivity index (χ4v) is 4.41. The van der Waals surface area contributed by atoms with E-state index in [1.54, 1.807) is 18.5 Å². The number of rotatable bonds is 6. The normalized spacial score (nSPS) is 15.6. The summed E-state index contributed by atoms with van der Waals surface area (Å²) in [5.41, 5.74) is 7.40. The summed E-state index contributed by atoms with van der Waals surface area (Å²) in [6.07, 6.45) is 4.66. The van der Waals surface area contributed by atoms with Crippen molar-refractivity contribution in [3.8, 4) is 17.3 Å². The SMILES string of the molecule is COc1cc(N2CCN(C(C=O)n3nc(-c4ncc[nH]4)c4c(N)ncnc43)CC2)c(F)cc1Cl. The Labute approximate surface area is 198 Å². The van der Waals surface area contributed by atoms with Crippen LogP contribution in [0.3, 0.4) is 0 Å². The van der Waals surface area contributed by atoms with Crippen molar-refractivity contribution in [2.45, 2.75) is 6.17 Å². The van der Waals surface area contributed by atoms with E-state index in [-0.39, 0.29) is 10.8 Å². The fourth-order valence-electron chi connectivity index (χ4n) is 4.18. The lowest BCUT2D eigenvalue weighted by molar-refractivity contribution is -0.115. The molecule has 0 saturated carbocycles. The second kappa shape index (κ2) is 8.88. The number of nitrogens with one attached hydrogen (secondary N) is 1. The largest absolute Gasteiger partial charge is 0.495 e. The second-order valence-corrected chi connectivity index (χ2v) is 8.11. The molecule has 0 aliphatic carbocycles. The Morgan fingerprint density at radius 3 is 2.71 bits per heavy atom. The van der Waals surface area contributed by atoms with Gasteiger partial charge in [0, 0.05) is 44.6 Å². The molecule has 1 saturated heterocycles. The predicted molar refractivity (Wildman–Crippen MR) is 124 cm³/mol. The second-order valence-electron chi connectivity index (χ2n) is 7.70. The molecule has 0 spiro atoms. The van der Waals surface area contributed by atoms with Crippen LogP contribution in [0, 0.1) is 5.82 Å². The number of piperazine rings is 1. The molecule has 1 unspecified atom stereocenters. The summed E-state index contributed by atoms with van der Waals surface area (Å²) in [4.78, 5) is 31.8. The minimum absolute atomic E-state index is 0.211. The lowest BCUT2D eigenvalue weighted by Crippen LogP contribution is -2.49. The Morgan fingerprint density at radius 1 is 1.24 bits per heavy atom. The first-order valence-electron chi connectivity index (χ1n) is 10.5. The van der Waals surface area contributed by atoms with Crippen LogP contribution in [-0.2, 0) is 4.79 Å². The molecule has 0 radical (unpaired) electrons. The fraction of sp³-hybridized carbons (Fsp3) is 0.286. The molecule has 1 aliphatic rings. The first-order valence-corrected chi connectivity index (χ1v) is 10.9. The number of imidazole rings is 1. The summed E-state index contributed by atoms with van der Waals surface area (Å²) < 4.78 is 21.3. The number of halogens is 2. The topological polar surface area (TPSA) is 131 Å². The van der Waals surface area contributed by atoms with E-state index >= 15 is 0 Å². The molecule has 176 valence electrons. The number of nitrogens with zero attached hydrogens (tertiary/aromatic N) is 7. The molecule has 11 nitrogen and oxygen atoms in total. The van der Waals surface area contributed by atoms with Crippen LogP contribution in [0.5, 0.6) is 5.75 Å². The van der Waals surface area contributed by atoms with Gasteiger partial charge in [-0.25, -0.2) is 24.0 Å². The van der Waals surface area contributed by atoms with Crippen molar-refractivity contribution in [3.05, 3.63) is 41.7 Å². The van der Waals surface area contributed by atoms with E-state index in [9.17, 15) is 9.18 Å². The maximum atomic E-state index is 14.6. The third-order valence-electron chi connectivity index (χ3n) is 5.86. The van der Waals surface area contributed by atoms with Gasteiger partial charge in [-0.3, -0.25) is 9.69 Å². The molecule has 1 atom stereocenters. The molecule has 4 heterocycles. The highest BCUT2D eigenvalue weighted by Crippen LogP contribution is 2.34. The molecule has 0 bridgehead atoms. The third-order valence-corrected chi connectivity index (χ3v) is 6.16. The smallest absolute Gasteiger partial charge is 0.166 e. The van der Waals surface area contributed by atoms with Crippen molar-refractivity contribution < 1.29 is 13.9 Å². The number of ether oxygens (including phenoxy) is 1. The summed E-state index contributed by atoms with van der Waals surface area (Å²) in [5.74, 6) is 0.702. The van der Waals surface area contributed by atoms with E-state index in [1.807, 2.05) is 9.80 Å². The summed E-state index contributed by atoms with van der Waals surface area (Å²) >= 11 is 6.02. The molecular formula is C21H21ClFN9O2. The minimum Gasteiger partial charge on any atom is -0.495 e. The zero-order valence-electron chi connectivity index (χ0n) is 18.2. The van der Waals surface area contributed by atoms with Crippen LogP contribution in [0.25, 0.3) is 22.6 Å². The number of H-pyrrole nitrogens is 1. The van der Waals surface area contributed by atoms with Gasteiger partial charge >= 0.3 is 0 Å². The van der Waals surface area contributed by atoms with Crippen molar-refractivity contribution >= 4 is 40.4 Å². The molecule has 4 aromatic rings. The number of fused-ring (bicyclic) bond motifs is 1. The number of aromatic nitrogens is 6. The number of carbonyl (C=O) groups excluding carboxylic acids is 1. The molecule has 3 N–H and O–H groups in total. The van der Waals surface area contributed by atoms with E-state index in [0.29, 0.717) is 60.2 Å². The number of methoxy groups -OCH3 is 1. The van der Waals surface area contributed by atoms with E-state index < -0.39 is 12.0 Å². The Morgan fingerprint density at radius 2 is 2.03 bits per heavy atom. The highest BCUT2D eigenvalue weighted by atomic mass is 35.5. The summed E-state index contributed by atoms with van der Waals surface area (Å²) in [7, 11) is 1.48. The number of anilines is 2. The summed E-state index contributed by atoms with van der Waals surface area (Å²) in [6.45, 7) is 1.92. The van der Waals surface area contributed by atoms with Crippen LogP contribution in [0.15, 0.2) is 30.9 Å². The van der Waals surface area contributed by atoms with Gasteiger partial charge in [0.25, 0.3) is 0 Å². The molecule has 1 aromatic carbocycles. The van der Waals surface area contributed by atoms with Gasteiger partial charge < -0.3 is 20.4 Å². The van der Waals surface area contributed by atoms with Gasteiger partial charge in [-0.1, -0.05) is 11.6 Å². The monoisotopic (exact) mass is 485 g/mol. The maximum Gasteiger partial charge on any atom is 0.166 e. The summed E-state index contributed by atoms with van der Waals surface area (Å²) in [5, 5.41) is 5.35. The van der Waals surface area contributed by atoms with Crippen molar-refractivity contribution in [2.24, 2.45) is 0 Å². The van der Waals surface area contributed by atoms with Gasteiger partial charge in [-0.15, -0.1) is 0 Å². The van der Waals surface area contributed by atoms with Crippen molar-refractivity contribution in [1.82, 2.24) is 34.6 Å².